The lowest BCUT2D eigenvalue weighted by Crippen LogP contribution is -2.41. The maximum absolute atomic E-state index is 13.0. The number of carbonyl (C=O) groups is 2. The highest BCUT2D eigenvalue weighted by Gasteiger charge is 2.35. The Balaban J connectivity index is 1.83. The van der Waals surface area contributed by atoms with Gasteiger partial charge in [0.15, 0.2) is 0 Å². The topological polar surface area (TPSA) is 84.6 Å². The predicted octanol–water partition coefficient (Wildman–Crippen LogP) is 2.46. The predicted molar refractivity (Wildman–Crippen MR) is 107 cm³/mol. The maximum atomic E-state index is 13.0. The average molecular weight is 399 g/mol. The normalized spacial score (nSPS) is 15.9. The fourth-order valence-electron chi connectivity index (χ4n) is 3.19. The van der Waals surface area contributed by atoms with E-state index in [9.17, 15) is 9.59 Å². The zero-order valence-electron chi connectivity index (χ0n) is 16.8. The number of ether oxygens (including phenoxy) is 2. The Kier molecular flexibility index (Phi) is 6.66. The van der Waals surface area contributed by atoms with Crippen LogP contribution in [0, 0.1) is 0 Å². The van der Waals surface area contributed by atoms with E-state index in [2.05, 4.69) is 5.10 Å². The van der Waals surface area contributed by atoms with Crippen LogP contribution in [0.25, 0.3) is 0 Å². The highest BCUT2D eigenvalue weighted by atomic mass is 16.5. The van der Waals surface area contributed by atoms with Gasteiger partial charge in [-0.05, 0) is 42.0 Å². The molecule has 1 aliphatic rings. The van der Waals surface area contributed by atoms with Gasteiger partial charge in [0.25, 0.3) is 5.91 Å². The van der Waals surface area contributed by atoms with Crippen LogP contribution in [0.1, 0.15) is 30.7 Å². The van der Waals surface area contributed by atoms with E-state index in [0.29, 0.717) is 25.3 Å². The van der Waals surface area contributed by atoms with E-state index in [4.69, 9.17) is 13.9 Å². The van der Waals surface area contributed by atoms with Gasteiger partial charge in [0, 0.05) is 27.0 Å². The molecule has 2 aromatic rings. The summed E-state index contributed by atoms with van der Waals surface area (Å²) in [5.74, 6) is 0.930. The van der Waals surface area contributed by atoms with Crippen molar-refractivity contribution in [2.24, 2.45) is 5.10 Å². The van der Waals surface area contributed by atoms with Crippen molar-refractivity contribution >= 4 is 17.5 Å². The molecule has 1 unspecified atom stereocenters. The highest BCUT2D eigenvalue weighted by molar-refractivity contribution is 6.03. The standard InChI is InChI=1S/C21H25N3O5/c1-15(25)23(10-12-27-2)14-21(26)24-19(20-5-4-11-29-20)13-18(22-24)16-6-8-17(28-3)9-7-16/h4-9,11,19H,10,12-14H2,1-3H3. The summed E-state index contributed by atoms with van der Waals surface area (Å²) < 4.78 is 15.8. The Labute approximate surface area is 169 Å². The number of methoxy groups -OCH3 is 2. The largest absolute Gasteiger partial charge is 0.497 e. The third kappa shape index (κ3) is 4.83. The molecule has 8 heteroatoms. The minimum absolute atomic E-state index is 0.0741. The second-order valence-electron chi connectivity index (χ2n) is 6.68. The summed E-state index contributed by atoms with van der Waals surface area (Å²) in [7, 11) is 3.17. The van der Waals surface area contributed by atoms with E-state index in [1.54, 1.807) is 26.5 Å². The SMILES string of the molecule is COCCN(CC(=O)N1N=C(c2ccc(OC)cc2)CC1c1ccco1)C(C)=O. The second kappa shape index (κ2) is 9.38. The molecule has 1 aromatic heterocycles. The van der Waals surface area contributed by atoms with E-state index >= 15 is 0 Å². The van der Waals surface area contributed by atoms with Crippen molar-refractivity contribution in [2.45, 2.75) is 19.4 Å². The molecule has 1 aliphatic heterocycles. The molecule has 8 nitrogen and oxygen atoms in total. The van der Waals surface area contributed by atoms with Crippen LogP contribution >= 0.6 is 0 Å². The van der Waals surface area contributed by atoms with Gasteiger partial charge in [-0.1, -0.05) is 0 Å². The fraction of sp³-hybridized carbons (Fsp3) is 0.381. The van der Waals surface area contributed by atoms with Gasteiger partial charge in [-0.3, -0.25) is 9.59 Å². The monoisotopic (exact) mass is 399 g/mol. The molecule has 29 heavy (non-hydrogen) atoms. The first kappa shape index (κ1) is 20.6. The summed E-state index contributed by atoms with van der Waals surface area (Å²) in [5.41, 5.74) is 1.68. The van der Waals surface area contributed by atoms with Crippen molar-refractivity contribution in [3.05, 3.63) is 54.0 Å². The van der Waals surface area contributed by atoms with Crippen LogP contribution < -0.4 is 4.74 Å². The number of hydrazone groups is 1. The van der Waals surface area contributed by atoms with Crippen LogP contribution in [0.15, 0.2) is 52.2 Å². The summed E-state index contributed by atoms with van der Waals surface area (Å²) in [6.07, 6.45) is 2.09. The number of carbonyl (C=O) groups excluding carboxylic acids is 2. The number of hydrogen-bond acceptors (Lipinski definition) is 6. The minimum Gasteiger partial charge on any atom is -0.497 e. The van der Waals surface area contributed by atoms with E-state index < -0.39 is 0 Å². The molecule has 2 heterocycles. The van der Waals surface area contributed by atoms with Gasteiger partial charge in [0.2, 0.25) is 5.91 Å². The van der Waals surface area contributed by atoms with Gasteiger partial charge >= 0.3 is 0 Å². The van der Waals surface area contributed by atoms with Crippen LogP contribution in [-0.2, 0) is 14.3 Å². The minimum atomic E-state index is -0.356. The Bertz CT molecular complexity index is 861. The summed E-state index contributed by atoms with van der Waals surface area (Å²) >= 11 is 0. The van der Waals surface area contributed by atoms with Crippen LogP contribution in [-0.4, -0.2) is 61.4 Å². The van der Waals surface area contributed by atoms with Crippen molar-refractivity contribution in [2.75, 3.05) is 33.9 Å². The molecule has 154 valence electrons. The molecule has 1 aromatic carbocycles. The number of amides is 2. The molecule has 0 radical (unpaired) electrons. The molecule has 1 atom stereocenters. The summed E-state index contributed by atoms with van der Waals surface area (Å²) in [6, 6.07) is 10.8. The Morgan fingerprint density at radius 1 is 1.24 bits per heavy atom. The molecule has 0 bridgehead atoms. The number of nitrogens with zero attached hydrogens (tertiary/aromatic N) is 3. The van der Waals surface area contributed by atoms with Crippen LogP contribution in [0.3, 0.4) is 0 Å². The smallest absolute Gasteiger partial charge is 0.262 e. The quantitative estimate of drug-likeness (QED) is 0.681. The van der Waals surface area contributed by atoms with Gasteiger partial charge in [-0.15, -0.1) is 0 Å². The van der Waals surface area contributed by atoms with Crippen molar-refractivity contribution in [1.29, 1.82) is 0 Å². The molecular formula is C21H25N3O5. The number of rotatable bonds is 8. The first-order chi connectivity index (χ1) is 14.0. The van der Waals surface area contributed by atoms with Crippen molar-refractivity contribution in [1.82, 2.24) is 9.91 Å². The van der Waals surface area contributed by atoms with E-state index in [1.165, 1.54) is 16.8 Å². The molecule has 0 fully saturated rings. The highest BCUT2D eigenvalue weighted by Crippen LogP contribution is 2.33. The number of furan rings is 1. The molecule has 0 saturated carbocycles. The van der Waals surface area contributed by atoms with E-state index in [-0.39, 0.29) is 24.4 Å². The van der Waals surface area contributed by atoms with Crippen LogP contribution in [0.2, 0.25) is 0 Å². The van der Waals surface area contributed by atoms with E-state index in [1.807, 2.05) is 30.3 Å². The van der Waals surface area contributed by atoms with E-state index in [0.717, 1.165) is 17.0 Å². The lowest BCUT2D eigenvalue weighted by molar-refractivity contribution is -0.141. The maximum Gasteiger partial charge on any atom is 0.262 e. The first-order valence-corrected chi connectivity index (χ1v) is 9.35. The van der Waals surface area contributed by atoms with Gasteiger partial charge in [0.1, 0.15) is 24.1 Å². The van der Waals surface area contributed by atoms with Gasteiger partial charge in [0.05, 0.1) is 25.7 Å². The number of benzene rings is 1. The zero-order chi connectivity index (χ0) is 20.8. The molecule has 0 saturated heterocycles. The lowest BCUT2D eigenvalue weighted by atomic mass is 10.0. The van der Waals surface area contributed by atoms with Gasteiger partial charge in [-0.2, -0.15) is 5.10 Å². The molecule has 0 N–H and O–H groups in total. The fourth-order valence-corrected chi connectivity index (χ4v) is 3.19. The summed E-state index contributed by atoms with van der Waals surface area (Å²) in [6.45, 7) is 2.05. The average Bonchev–Trinajstić information content (AvgIpc) is 3.40. The molecule has 0 aliphatic carbocycles. The van der Waals surface area contributed by atoms with Crippen molar-refractivity contribution < 1.29 is 23.5 Å². The molecule has 2 amide bonds. The van der Waals surface area contributed by atoms with Gasteiger partial charge < -0.3 is 18.8 Å². The molecular weight excluding hydrogens is 374 g/mol. The Hall–Kier alpha value is -3.13. The van der Waals surface area contributed by atoms with Crippen LogP contribution in [0.4, 0.5) is 0 Å². The molecule has 0 spiro atoms. The zero-order valence-corrected chi connectivity index (χ0v) is 16.8. The van der Waals surface area contributed by atoms with Crippen LogP contribution in [0.5, 0.6) is 5.75 Å². The second-order valence-corrected chi connectivity index (χ2v) is 6.68. The third-order valence-corrected chi connectivity index (χ3v) is 4.80. The summed E-state index contributed by atoms with van der Waals surface area (Å²) in [4.78, 5) is 26.4. The van der Waals surface area contributed by atoms with Crippen molar-refractivity contribution in [3.63, 3.8) is 0 Å². The Morgan fingerprint density at radius 2 is 2.00 bits per heavy atom. The summed E-state index contributed by atoms with van der Waals surface area (Å²) in [5, 5.41) is 5.99. The first-order valence-electron chi connectivity index (χ1n) is 9.35. The number of hydrogen-bond donors (Lipinski definition) is 0. The third-order valence-electron chi connectivity index (χ3n) is 4.80. The Morgan fingerprint density at radius 3 is 2.59 bits per heavy atom. The van der Waals surface area contributed by atoms with Gasteiger partial charge in [-0.25, -0.2) is 5.01 Å². The van der Waals surface area contributed by atoms with Crippen molar-refractivity contribution in [3.8, 4) is 5.75 Å². The molecule has 3 rings (SSSR count). The lowest BCUT2D eigenvalue weighted by Gasteiger charge is -2.25.